The van der Waals surface area contributed by atoms with Crippen LogP contribution >= 0.6 is 0 Å². The predicted molar refractivity (Wildman–Crippen MR) is 60.1 cm³/mol. The molecule has 0 bridgehead atoms. The zero-order valence-corrected chi connectivity index (χ0v) is 8.76. The Hall–Kier alpha value is -2.08. The summed E-state index contributed by atoms with van der Waals surface area (Å²) in [5, 5.41) is 0. The van der Waals surface area contributed by atoms with Crippen molar-refractivity contribution < 1.29 is 14.3 Å². The quantitative estimate of drug-likeness (QED) is 0.408. The summed E-state index contributed by atoms with van der Waals surface area (Å²) in [6.07, 6.45) is 6.69. The van der Waals surface area contributed by atoms with Crippen molar-refractivity contribution in [1.29, 1.82) is 0 Å². The summed E-state index contributed by atoms with van der Waals surface area (Å²) in [6.45, 7) is 0.170. The molecule has 0 fully saturated rings. The van der Waals surface area contributed by atoms with Gasteiger partial charge in [-0.3, -0.25) is 0 Å². The first-order chi connectivity index (χ1) is 7.81. The van der Waals surface area contributed by atoms with E-state index in [-0.39, 0.29) is 6.61 Å². The Bertz CT molecular complexity index is 396. The Morgan fingerprint density at radius 3 is 2.62 bits per heavy atom. The number of carbonyl (C=O) groups is 2. The van der Waals surface area contributed by atoms with Crippen molar-refractivity contribution in [3.63, 3.8) is 0 Å². The van der Waals surface area contributed by atoms with Gasteiger partial charge in [-0.1, -0.05) is 24.1 Å². The first-order valence-electron chi connectivity index (χ1n) is 4.86. The van der Waals surface area contributed by atoms with Crippen LogP contribution in [0.2, 0.25) is 0 Å². The fourth-order valence-corrected chi connectivity index (χ4v) is 1.31. The lowest BCUT2D eigenvalue weighted by atomic mass is 10.0. The molecule has 16 heavy (non-hydrogen) atoms. The first kappa shape index (κ1) is 12.0. The SMILES string of the molecule is C#CCOc1ccccc1CC(C=O)C=O. The third-order valence-electron chi connectivity index (χ3n) is 2.09. The second kappa shape index (κ2) is 6.41. The zero-order valence-electron chi connectivity index (χ0n) is 8.76. The van der Waals surface area contributed by atoms with Crippen LogP contribution in [0.15, 0.2) is 24.3 Å². The van der Waals surface area contributed by atoms with E-state index in [1.54, 1.807) is 6.07 Å². The van der Waals surface area contributed by atoms with Crippen LogP contribution in [-0.4, -0.2) is 19.2 Å². The molecular weight excluding hydrogens is 204 g/mol. The minimum Gasteiger partial charge on any atom is -0.481 e. The molecule has 0 N–H and O–H groups in total. The van der Waals surface area contributed by atoms with Gasteiger partial charge in [0.15, 0.2) is 0 Å². The normalized spacial score (nSPS) is 9.50. The largest absolute Gasteiger partial charge is 0.481 e. The summed E-state index contributed by atoms with van der Waals surface area (Å²) < 4.78 is 5.31. The molecule has 0 heterocycles. The zero-order chi connectivity index (χ0) is 11.8. The van der Waals surface area contributed by atoms with Crippen LogP contribution in [0.3, 0.4) is 0 Å². The standard InChI is InChI=1S/C13H12O3/c1-2-7-16-13-6-4-3-5-12(13)8-11(9-14)10-15/h1,3-6,9-11H,7-8H2. The van der Waals surface area contributed by atoms with Gasteiger partial charge in [0.05, 0.1) is 5.92 Å². The van der Waals surface area contributed by atoms with Crippen LogP contribution in [0, 0.1) is 18.3 Å². The van der Waals surface area contributed by atoms with Crippen molar-refractivity contribution in [2.45, 2.75) is 6.42 Å². The Morgan fingerprint density at radius 1 is 1.31 bits per heavy atom. The number of para-hydroxylation sites is 1. The third kappa shape index (κ3) is 3.25. The Morgan fingerprint density at radius 2 is 2.00 bits per heavy atom. The van der Waals surface area contributed by atoms with Gasteiger partial charge in [0, 0.05) is 0 Å². The number of hydrogen-bond acceptors (Lipinski definition) is 3. The molecule has 1 aromatic rings. The molecular formula is C13H12O3. The second-order valence-corrected chi connectivity index (χ2v) is 3.24. The number of benzene rings is 1. The minimum absolute atomic E-state index is 0.170. The summed E-state index contributed by atoms with van der Waals surface area (Å²) in [5.41, 5.74) is 0.807. The summed E-state index contributed by atoms with van der Waals surface area (Å²) in [4.78, 5) is 21.1. The molecule has 0 amide bonds. The third-order valence-corrected chi connectivity index (χ3v) is 2.09. The monoisotopic (exact) mass is 216 g/mol. The molecule has 1 rings (SSSR count). The molecule has 0 aromatic heterocycles. The molecule has 3 heteroatoms. The molecule has 0 aliphatic heterocycles. The van der Waals surface area contributed by atoms with Crippen LogP contribution in [0.5, 0.6) is 5.75 Å². The van der Waals surface area contributed by atoms with E-state index in [4.69, 9.17) is 11.2 Å². The van der Waals surface area contributed by atoms with Crippen molar-refractivity contribution >= 4 is 12.6 Å². The maximum Gasteiger partial charge on any atom is 0.148 e. The van der Waals surface area contributed by atoms with Gasteiger partial charge in [-0.05, 0) is 18.1 Å². The van der Waals surface area contributed by atoms with Crippen molar-refractivity contribution in [1.82, 2.24) is 0 Å². The van der Waals surface area contributed by atoms with Crippen LogP contribution in [-0.2, 0) is 16.0 Å². The Labute approximate surface area is 94.4 Å². The first-order valence-corrected chi connectivity index (χ1v) is 4.86. The predicted octanol–water partition coefficient (Wildman–Crippen LogP) is 1.26. The van der Waals surface area contributed by atoms with Gasteiger partial charge >= 0.3 is 0 Å². The highest BCUT2D eigenvalue weighted by Gasteiger charge is 2.10. The van der Waals surface area contributed by atoms with E-state index in [1.807, 2.05) is 18.2 Å². The lowest BCUT2D eigenvalue weighted by molar-refractivity contribution is -0.119. The highest BCUT2D eigenvalue weighted by Crippen LogP contribution is 2.20. The highest BCUT2D eigenvalue weighted by atomic mass is 16.5. The van der Waals surface area contributed by atoms with Gasteiger partial charge in [-0.25, -0.2) is 0 Å². The number of rotatable bonds is 6. The van der Waals surface area contributed by atoms with Crippen LogP contribution in [0.4, 0.5) is 0 Å². The number of ether oxygens (including phenoxy) is 1. The van der Waals surface area contributed by atoms with Gasteiger partial charge in [-0.2, -0.15) is 0 Å². The molecule has 0 spiro atoms. The van der Waals surface area contributed by atoms with Crippen LogP contribution in [0.25, 0.3) is 0 Å². The van der Waals surface area contributed by atoms with Crippen molar-refractivity contribution in [2.24, 2.45) is 5.92 Å². The van der Waals surface area contributed by atoms with Crippen molar-refractivity contribution in [2.75, 3.05) is 6.61 Å². The van der Waals surface area contributed by atoms with Gasteiger partial charge in [0.2, 0.25) is 0 Å². The fourth-order valence-electron chi connectivity index (χ4n) is 1.31. The van der Waals surface area contributed by atoms with Crippen molar-refractivity contribution in [3.8, 4) is 18.1 Å². The maximum atomic E-state index is 10.6. The van der Waals surface area contributed by atoms with Gasteiger partial charge in [0.1, 0.15) is 24.9 Å². The van der Waals surface area contributed by atoms with Gasteiger partial charge in [-0.15, -0.1) is 6.42 Å². The lowest BCUT2D eigenvalue weighted by Crippen LogP contribution is -2.09. The summed E-state index contributed by atoms with van der Waals surface area (Å²) >= 11 is 0. The molecule has 0 unspecified atom stereocenters. The Kier molecular flexibility index (Phi) is 4.81. The van der Waals surface area contributed by atoms with E-state index < -0.39 is 5.92 Å². The summed E-state index contributed by atoms with van der Waals surface area (Å²) in [6, 6.07) is 7.21. The number of carbonyl (C=O) groups excluding carboxylic acids is 2. The molecule has 0 aliphatic carbocycles. The van der Waals surface area contributed by atoms with Crippen molar-refractivity contribution in [3.05, 3.63) is 29.8 Å². The van der Waals surface area contributed by atoms with Gasteiger partial charge in [0.25, 0.3) is 0 Å². The molecule has 82 valence electrons. The molecule has 0 aliphatic rings. The second-order valence-electron chi connectivity index (χ2n) is 3.24. The van der Waals surface area contributed by atoms with E-state index in [2.05, 4.69) is 5.92 Å². The van der Waals surface area contributed by atoms with Gasteiger partial charge < -0.3 is 14.3 Å². The highest BCUT2D eigenvalue weighted by molar-refractivity contribution is 5.77. The van der Waals surface area contributed by atoms with E-state index in [1.165, 1.54) is 0 Å². The van der Waals surface area contributed by atoms with E-state index >= 15 is 0 Å². The van der Waals surface area contributed by atoms with E-state index in [9.17, 15) is 9.59 Å². The molecule has 0 saturated carbocycles. The molecule has 0 radical (unpaired) electrons. The van der Waals surface area contributed by atoms with Crippen LogP contribution in [0.1, 0.15) is 5.56 Å². The van der Waals surface area contributed by atoms with E-state index in [0.717, 1.165) is 5.56 Å². The molecule has 0 saturated heterocycles. The number of aldehydes is 2. The number of terminal acetylenes is 1. The van der Waals surface area contributed by atoms with Crippen LogP contribution < -0.4 is 4.74 Å². The topological polar surface area (TPSA) is 43.4 Å². The number of hydrogen-bond donors (Lipinski definition) is 0. The average molecular weight is 216 g/mol. The molecule has 1 aromatic carbocycles. The van der Waals surface area contributed by atoms with E-state index in [0.29, 0.717) is 24.7 Å². The minimum atomic E-state index is -0.629. The average Bonchev–Trinajstić information content (AvgIpc) is 2.34. The Balaban J connectivity index is 2.81. The fraction of sp³-hybridized carbons (Fsp3) is 0.231. The lowest BCUT2D eigenvalue weighted by Gasteiger charge is -2.09. The molecule has 3 nitrogen and oxygen atoms in total. The molecule has 0 atom stereocenters. The smallest absolute Gasteiger partial charge is 0.148 e. The summed E-state index contributed by atoms with van der Waals surface area (Å²) in [7, 11) is 0. The maximum absolute atomic E-state index is 10.6. The summed E-state index contributed by atoms with van der Waals surface area (Å²) in [5.74, 6) is 2.35.